The van der Waals surface area contributed by atoms with Gasteiger partial charge in [0.2, 0.25) is 11.7 Å². The summed E-state index contributed by atoms with van der Waals surface area (Å²) in [7, 11) is 4.42. The third kappa shape index (κ3) is 3.67. The van der Waals surface area contributed by atoms with Crippen LogP contribution in [0.5, 0.6) is 23.0 Å². The number of ether oxygens (including phenoxy) is 3. The highest BCUT2D eigenvalue weighted by atomic mass is 16.6. The molecular weight excluding hydrogens is 470 g/mol. The number of anilines is 1. The lowest BCUT2D eigenvalue weighted by molar-refractivity contribution is -0.386. The maximum absolute atomic E-state index is 13.6. The van der Waals surface area contributed by atoms with Crippen molar-refractivity contribution in [3.63, 3.8) is 0 Å². The number of rotatable bonds is 6. The molecule has 2 aromatic carbocycles. The number of nitro groups is 1. The number of hydrogen-bond acceptors (Lipinski definition) is 10. The Morgan fingerprint density at radius 3 is 2.47 bits per heavy atom. The Balaban J connectivity index is 1.61. The fraction of sp³-hybridized carbons (Fsp3) is 0.292. The maximum atomic E-state index is 13.6. The minimum Gasteiger partial charge on any atom is -0.500 e. The maximum Gasteiger partial charge on any atom is 0.315 e. The van der Waals surface area contributed by atoms with Gasteiger partial charge in [-0.15, -0.1) is 0 Å². The zero-order valence-corrected chi connectivity index (χ0v) is 19.7. The van der Waals surface area contributed by atoms with Gasteiger partial charge < -0.3 is 24.6 Å². The molecule has 5 rings (SSSR count). The highest BCUT2D eigenvalue weighted by Crippen LogP contribution is 2.47. The van der Waals surface area contributed by atoms with Crippen LogP contribution in [-0.2, 0) is 4.79 Å². The molecule has 2 aliphatic rings. The van der Waals surface area contributed by atoms with Gasteiger partial charge in [-0.25, -0.2) is 4.68 Å². The minimum absolute atomic E-state index is 0.0759. The first-order valence-electron chi connectivity index (χ1n) is 11.1. The number of aromatic nitrogens is 3. The van der Waals surface area contributed by atoms with E-state index in [0.29, 0.717) is 40.7 Å². The standard InChI is InChI=1S/C24H23N5O7/c1-34-18-5-4-12(9-19(18)35-2)13-6-15-21(17(30)8-13)22(28-24(27-15)25-11-26-28)14-7-16(29(32)33)23(31)20(10-14)36-3/h4-5,7,9-11,13,22,31H,6,8H2,1-3H3,(H,25,26,27). The van der Waals surface area contributed by atoms with Crippen LogP contribution in [0.1, 0.15) is 35.9 Å². The van der Waals surface area contributed by atoms with Crippen LogP contribution in [0.15, 0.2) is 47.9 Å². The molecule has 0 radical (unpaired) electrons. The van der Waals surface area contributed by atoms with Crippen LogP contribution in [0.3, 0.4) is 0 Å². The van der Waals surface area contributed by atoms with Gasteiger partial charge >= 0.3 is 5.69 Å². The number of benzene rings is 2. The number of carbonyl (C=O) groups is 1. The average molecular weight is 493 g/mol. The number of aromatic hydroxyl groups is 1. The first-order valence-corrected chi connectivity index (χ1v) is 11.1. The number of phenols is 1. The lowest BCUT2D eigenvalue weighted by Gasteiger charge is -2.35. The summed E-state index contributed by atoms with van der Waals surface area (Å²) in [4.78, 5) is 28.8. The molecule has 1 aliphatic heterocycles. The Morgan fingerprint density at radius 1 is 1.06 bits per heavy atom. The highest BCUT2D eigenvalue weighted by Gasteiger charge is 2.40. The molecule has 2 unspecified atom stereocenters. The lowest BCUT2D eigenvalue weighted by atomic mass is 9.77. The third-order valence-electron chi connectivity index (χ3n) is 6.55. The number of carbonyl (C=O) groups excluding carboxylic acids is 1. The van der Waals surface area contributed by atoms with E-state index in [2.05, 4.69) is 15.4 Å². The van der Waals surface area contributed by atoms with Crippen molar-refractivity contribution in [2.75, 3.05) is 26.6 Å². The summed E-state index contributed by atoms with van der Waals surface area (Å²) in [5, 5.41) is 29.3. The molecule has 12 nitrogen and oxygen atoms in total. The van der Waals surface area contributed by atoms with E-state index in [-0.39, 0.29) is 23.9 Å². The Hall–Kier alpha value is -4.61. The first-order chi connectivity index (χ1) is 17.4. The molecule has 2 heterocycles. The van der Waals surface area contributed by atoms with Crippen molar-refractivity contribution in [2.45, 2.75) is 24.8 Å². The van der Waals surface area contributed by atoms with Gasteiger partial charge in [-0.1, -0.05) is 6.07 Å². The van der Waals surface area contributed by atoms with E-state index in [9.17, 15) is 20.0 Å². The normalized spacial score (nSPS) is 18.7. The summed E-state index contributed by atoms with van der Waals surface area (Å²) < 4.78 is 17.4. The Morgan fingerprint density at radius 2 is 1.78 bits per heavy atom. The van der Waals surface area contributed by atoms with Crippen LogP contribution in [0.25, 0.3) is 0 Å². The molecule has 3 aromatic rings. The molecule has 0 fully saturated rings. The van der Waals surface area contributed by atoms with Crippen molar-refractivity contribution in [3.8, 4) is 23.0 Å². The van der Waals surface area contributed by atoms with Crippen LogP contribution in [0.2, 0.25) is 0 Å². The summed E-state index contributed by atoms with van der Waals surface area (Å²) in [5.74, 6) is 0.626. The number of Topliss-reactive ketones (excluding diaryl/α,β-unsaturated/α-hetero) is 1. The van der Waals surface area contributed by atoms with Crippen molar-refractivity contribution < 1.29 is 29.0 Å². The Bertz CT molecular complexity index is 1410. The van der Waals surface area contributed by atoms with Gasteiger partial charge in [0.15, 0.2) is 23.0 Å². The first kappa shape index (κ1) is 23.1. The molecule has 0 spiro atoms. The van der Waals surface area contributed by atoms with Crippen molar-refractivity contribution in [2.24, 2.45) is 0 Å². The molecule has 0 bridgehead atoms. The number of nitrogens with zero attached hydrogens (tertiary/aromatic N) is 4. The topological polar surface area (TPSA) is 151 Å². The summed E-state index contributed by atoms with van der Waals surface area (Å²) in [6.45, 7) is 0. The van der Waals surface area contributed by atoms with Crippen LogP contribution in [0, 0.1) is 10.1 Å². The van der Waals surface area contributed by atoms with E-state index >= 15 is 0 Å². The molecular formula is C24H23N5O7. The summed E-state index contributed by atoms with van der Waals surface area (Å²) in [6.07, 6.45) is 2.06. The Kier molecular flexibility index (Phi) is 5.71. The number of nitrogens with one attached hydrogen (secondary N) is 1. The van der Waals surface area contributed by atoms with Gasteiger partial charge in [-0.05, 0) is 41.7 Å². The van der Waals surface area contributed by atoms with E-state index in [0.717, 1.165) is 5.56 Å². The number of fused-ring (bicyclic) bond motifs is 1. The second kappa shape index (κ2) is 8.87. The highest BCUT2D eigenvalue weighted by molar-refractivity contribution is 6.00. The smallest absolute Gasteiger partial charge is 0.315 e. The fourth-order valence-corrected chi connectivity index (χ4v) is 4.87. The van der Waals surface area contributed by atoms with E-state index in [1.807, 2.05) is 12.1 Å². The van der Waals surface area contributed by atoms with Crippen molar-refractivity contribution in [3.05, 3.63) is 69.2 Å². The second-order valence-electron chi connectivity index (χ2n) is 8.44. The summed E-state index contributed by atoms with van der Waals surface area (Å²) >= 11 is 0. The molecule has 12 heteroatoms. The van der Waals surface area contributed by atoms with Gasteiger partial charge in [0, 0.05) is 23.8 Å². The van der Waals surface area contributed by atoms with Gasteiger partial charge in [0.05, 0.1) is 26.3 Å². The SMILES string of the molecule is COc1ccc(C2CC(=O)C3=C(C2)Nc2ncnn2C3c2cc(OC)c(O)c([N+](=O)[O-])c2)cc1OC. The lowest BCUT2D eigenvalue weighted by Crippen LogP contribution is -2.33. The van der Waals surface area contributed by atoms with Gasteiger partial charge in [0.1, 0.15) is 12.4 Å². The van der Waals surface area contributed by atoms with E-state index in [1.165, 1.54) is 30.3 Å². The van der Waals surface area contributed by atoms with Gasteiger partial charge in [-0.3, -0.25) is 14.9 Å². The number of allylic oxidation sites excluding steroid dienone is 2. The molecule has 1 aliphatic carbocycles. The monoisotopic (exact) mass is 493 g/mol. The van der Waals surface area contributed by atoms with Crippen molar-refractivity contribution >= 4 is 17.4 Å². The zero-order valence-electron chi connectivity index (χ0n) is 19.7. The predicted molar refractivity (Wildman–Crippen MR) is 127 cm³/mol. The summed E-state index contributed by atoms with van der Waals surface area (Å²) in [5.41, 5.74) is 1.85. The van der Waals surface area contributed by atoms with Crippen molar-refractivity contribution in [1.82, 2.24) is 14.8 Å². The van der Waals surface area contributed by atoms with Crippen molar-refractivity contribution in [1.29, 1.82) is 0 Å². The molecule has 0 saturated carbocycles. The van der Waals surface area contributed by atoms with Gasteiger partial charge in [-0.2, -0.15) is 10.1 Å². The molecule has 36 heavy (non-hydrogen) atoms. The second-order valence-corrected chi connectivity index (χ2v) is 8.44. The minimum atomic E-state index is -0.786. The molecule has 0 amide bonds. The Labute approximate surface area is 205 Å². The fourth-order valence-electron chi connectivity index (χ4n) is 4.87. The number of phenolic OH excluding ortho intramolecular Hbond substituents is 1. The van der Waals surface area contributed by atoms with Crippen LogP contribution in [-0.4, -0.2) is 51.9 Å². The number of hydrogen-bond donors (Lipinski definition) is 2. The predicted octanol–water partition coefficient (Wildman–Crippen LogP) is 3.33. The number of ketones is 1. The molecule has 0 saturated heterocycles. The van der Waals surface area contributed by atoms with Crippen LogP contribution < -0.4 is 19.5 Å². The molecule has 1 aromatic heterocycles. The number of nitro benzene ring substituents is 1. The quantitative estimate of drug-likeness (QED) is 0.386. The van der Waals surface area contributed by atoms with Crippen LogP contribution in [0.4, 0.5) is 11.6 Å². The van der Waals surface area contributed by atoms with Gasteiger partial charge in [0.25, 0.3) is 0 Å². The zero-order chi connectivity index (χ0) is 25.6. The molecule has 2 atom stereocenters. The van der Waals surface area contributed by atoms with E-state index < -0.39 is 22.4 Å². The van der Waals surface area contributed by atoms with Crippen LogP contribution >= 0.6 is 0 Å². The average Bonchev–Trinajstić information content (AvgIpc) is 3.35. The largest absolute Gasteiger partial charge is 0.500 e. The molecule has 186 valence electrons. The third-order valence-corrected chi connectivity index (χ3v) is 6.55. The molecule has 2 N–H and O–H groups in total. The van der Waals surface area contributed by atoms with E-state index in [1.54, 1.807) is 20.3 Å². The summed E-state index contributed by atoms with van der Waals surface area (Å²) in [6, 6.07) is 7.49. The van der Waals surface area contributed by atoms with E-state index in [4.69, 9.17) is 14.2 Å². The number of methoxy groups -OCH3 is 3.